The molecule has 0 atom stereocenters. The number of alkyl halides is 9. The molecule has 246 valence electrons. The van der Waals surface area contributed by atoms with Crippen molar-refractivity contribution in [3.05, 3.63) is 94.6 Å². The Bertz CT molecular complexity index is 1410. The molecular weight excluding hydrogens is 629 g/mol. The molecule has 0 spiro atoms. The summed E-state index contributed by atoms with van der Waals surface area (Å²) in [5.41, 5.74) is -3.18. The molecule has 0 bridgehead atoms. The van der Waals surface area contributed by atoms with Crippen molar-refractivity contribution >= 4 is 0 Å². The SMILES string of the molecule is CCCC1CCC(c2ccc(C(F)(F)Oc3cc(F)c(C(F)(F)Oc4ccc(C(F)(F)OC(F)(F)F)cc4)c(F)c3)cc2)CC1. The molecule has 14 heteroatoms. The van der Waals surface area contributed by atoms with Gasteiger partial charge in [0.2, 0.25) is 0 Å². The highest BCUT2D eigenvalue weighted by atomic mass is 19.4. The molecule has 1 saturated carbocycles. The number of hydrogen-bond donors (Lipinski definition) is 0. The maximum atomic E-state index is 14.9. The van der Waals surface area contributed by atoms with Crippen molar-refractivity contribution in [3.63, 3.8) is 0 Å². The van der Waals surface area contributed by atoms with Crippen LogP contribution in [0.1, 0.15) is 73.6 Å². The van der Waals surface area contributed by atoms with E-state index in [0.717, 1.165) is 56.2 Å². The molecule has 0 aliphatic heterocycles. The maximum Gasteiger partial charge on any atom is 0.527 e. The van der Waals surface area contributed by atoms with Crippen LogP contribution < -0.4 is 9.47 Å². The lowest BCUT2D eigenvalue weighted by Gasteiger charge is -2.29. The van der Waals surface area contributed by atoms with Crippen molar-refractivity contribution in [1.82, 2.24) is 0 Å². The molecular formula is C31H27F11O3. The van der Waals surface area contributed by atoms with Gasteiger partial charge in [0, 0.05) is 12.1 Å². The van der Waals surface area contributed by atoms with E-state index in [1.807, 2.05) is 0 Å². The van der Waals surface area contributed by atoms with E-state index in [9.17, 15) is 48.3 Å². The fraction of sp³-hybridized carbons (Fsp3) is 0.419. The molecule has 0 aromatic heterocycles. The zero-order chi connectivity index (χ0) is 33.2. The first-order chi connectivity index (χ1) is 20.9. The Morgan fingerprint density at radius 1 is 0.622 bits per heavy atom. The molecule has 45 heavy (non-hydrogen) atoms. The normalized spacial score (nSPS) is 18.1. The van der Waals surface area contributed by atoms with Crippen LogP contribution in [-0.4, -0.2) is 6.36 Å². The molecule has 0 radical (unpaired) electrons. The number of hydrogen-bond acceptors (Lipinski definition) is 3. The minimum Gasteiger partial charge on any atom is -0.429 e. The van der Waals surface area contributed by atoms with Crippen LogP contribution in [0.2, 0.25) is 0 Å². The summed E-state index contributed by atoms with van der Waals surface area (Å²) in [5, 5.41) is 0. The van der Waals surface area contributed by atoms with Gasteiger partial charge in [-0.2, -0.15) is 26.3 Å². The van der Waals surface area contributed by atoms with Crippen LogP contribution in [-0.2, 0) is 23.1 Å². The van der Waals surface area contributed by atoms with Crippen LogP contribution in [0.4, 0.5) is 48.3 Å². The summed E-state index contributed by atoms with van der Waals surface area (Å²) >= 11 is 0. The van der Waals surface area contributed by atoms with E-state index in [2.05, 4.69) is 21.1 Å². The van der Waals surface area contributed by atoms with Crippen LogP contribution in [0.3, 0.4) is 0 Å². The molecule has 4 rings (SSSR count). The number of ether oxygens (including phenoxy) is 3. The van der Waals surface area contributed by atoms with Gasteiger partial charge >= 0.3 is 24.7 Å². The van der Waals surface area contributed by atoms with Crippen molar-refractivity contribution in [3.8, 4) is 11.5 Å². The van der Waals surface area contributed by atoms with Crippen molar-refractivity contribution in [2.75, 3.05) is 0 Å². The third-order valence-corrected chi connectivity index (χ3v) is 7.49. The van der Waals surface area contributed by atoms with Gasteiger partial charge < -0.3 is 9.47 Å². The fourth-order valence-electron chi connectivity index (χ4n) is 5.36. The minimum atomic E-state index is -5.72. The predicted octanol–water partition coefficient (Wildman–Crippen LogP) is 10.9. The lowest BCUT2D eigenvalue weighted by molar-refractivity contribution is -0.431. The van der Waals surface area contributed by atoms with Gasteiger partial charge in [0.05, 0.1) is 11.1 Å². The summed E-state index contributed by atoms with van der Waals surface area (Å²) in [6.45, 7) is 2.12. The van der Waals surface area contributed by atoms with Crippen LogP contribution >= 0.6 is 0 Å². The van der Waals surface area contributed by atoms with E-state index in [4.69, 9.17) is 0 Å². The van der Waals surface area contributed by atoms with Gasteiger partial charge in [0.25, 0.3) is 0 Å². The third kappa shape index (κ3) is 8.59. The smallest absolute Gasteiger partial charge is 0.429 e. The maximum absolute atomic E-state index is 14.9. The van der Waals surface area contributed by atoms with E-state index < -0.39 is 64.5 Å². The first-order valence-corrected chi connectivity index (χ1v) is 13.9. The van der Waals surface area contributed by atoms with Gasteiger partial charge in [0.15, 0.2) is 0 Å². The van der Waals surface area contributed by atoms with Crippen LogP contribution in [0.15, 0.2) is 60.7 Å². The average Bonchev–Trinajstić information content (AvgIpc) is 2.92. The first kappa shape index (κ1) is 34.3. The fourth-order valence-corrected chi connectivity index (χ4v) is 5.36. The van der Waals surface area contributed by atoms with Crippen molar-refractivity contribution in [2.24, 2.45) is 5.92 Å². The Morgan fingerprint density at radius 3 is 1.62 bits per heavy atom. The van der Waals surface area contributed by atoms with Gasteiger partial charge in [-0.25, -0.2) is 13.5 Å². The van der Waals surface area contributed by atoms with Gasteiger partial charge in [-0.3, -0.25) is 0 Å². The molecule has 1 fully saturated rings. The Kier molecular flexibility index (Phi) is 9.96. The van der Waals surface area contributed by atoms with E-state index in [1.54, 1.807) is 0 Å². The molecule has 0 amide bonds. The summed E-state index contributed by atoms with van der Waals surface area (Å²) in [5.74, 6) is -5.31. The molecule has 0 unspecified atom stereocenters. The van der Waals surface area contributed by atoms with E-state index in [1.165, 1.54) is 12.1 Å². The lowest BCUT2D eigenvalue weighted by Crippen LogP contribution is -2.28. The molecule has 1 aliphatic rings. The van der Waals surface area contributed by atoms with Crippen molar-refractivity contribution < 1.29 is 62.5 Å². The first-order valence-electron chi connectivity index (χ1n) is 13.9. The standard InChI is InChI=1S/C31H27F11O3/c1-2-3-18-4-6-19(7-5-18)20-8-10-21(11-9-20)28(34,35)44-24-16-25(32)27(26(33)17-24)30(38,39)43-23-14-12-22(13-15-23)29(36,37)45-31(40,41)42/h8-19H,2-7H2,1H3. The summed E-state index contributed by atoms with van der Waals surface area (Å²) in [6.07, 6.45) is -13.4. The number of benzene rings is 3. The highest BCUT2D eigenvalue weighted by Crippen LogP contribution is 2.42. The molecule has 3 aromatic rings. The Labute approximate surface area is 250 Å². The molecule has 0 N–H and O–H groups in total. The van der Waals surface area contributed by atoms with Gasteiger partial charge in [-0.05, 0) is 79.5 Å². The monoisotopic (exact) mass is 656 g/mol. The Morgan fingerprint density at radius 2 is 1.11 bits per heavy atom. The zero-order valence-electron chi connectivity index (χ0n) is 23.6. The second-order valence-corrected chi connectivity index (χ2v) is 10.7. The highest BCUT2D eigenvalue weighted by Gasteiger charge is 2.47. The van der Waals surface area contributed by atoms with Crippen LogP contribution in [0.5, 0.6) is 11.5 Å². The van der Waals surface area contributed by atoms with Crippen molar-refractivity contribution in [2.45, 2.75) is 76.1 Å². The zero-order valence-corrected chi connectivity index (χ0v) is 23.6. The minimum absolute atomic E-state index is 0.0881. The second kappa shape index (κ2) is 13.1. The van der Waals surface area contributed by atoms with Gasteiger partial charge in [-0.15, -0.1) is 13.2 Å². The predicted molar refractivity (Wildman–Crippen MR) is 139 cm³/mol. The van der Waals surface area contributed by atoms with E-state index in [-0.39, 0.29) is 30.2 Å². The van der Waals surface area contributed by atoms with Gasteiger partial charge in [0.1, 0.15) is 28.7 Å². The van der Waals surface area contributed by atoms with Crippen LogP contribution in [0.25, 0.3) is 0 Å². The Hall–Kier alpha value is -3.55. The number of rotatable bonds is 11. The van der Waals surface area contributed by atoms with Crippen LogP contribution in [0, 0.1) is 17.6 Å². The topological polar surface area (TPSA) is 27.7 Å². The van der Waals surface area contributed by atoms with Gasteiger partial charge in [-0.1, -0.05) is 31.9 Å². The summed E-state index contributed by atoms with van der Waals surface area (Å²) in [6, 6.07) is 6.74. The molecule has 0 saturated heterocycles. The number of halogens is 11. The largest absolute Gasteiger partial charge is 0.527 e. The average molecular weight is 657 g/mol. The molecule has 1 aliphatic carbocycles. The van der Waals surface area contributed by atoms with E-state index >= 15 is 0 Å². The molecule has 3 nitrogen and oxygen atoms in total. The third-order valence-electron chi connectivity index (χ3n) is 7.49. The quantitative estimate of drug-likeness (QED) is 0.192. The molecule has 0 heterocycles. The Balaban J connectivity index is 1.44. The summed E-state index contributed by atoms with van der Waals surface area (Å²) in [7, 11) is 0. The van der Waals surface area contributed by atoms with Crippen molar-refractivity contribution in [1.29, 1.82) is 0 Å². The highest BCUT2D eigenvalue weighted by molar-refractivity contribution is 5.36. The van der Waals surface area contributed by atoms with E-state index in [0.29, 0.717) is 18.1 Å². The lowest BCUT2D eigenvalue weighted by atomic mass is 9.77. The summed E-state index contributed by atoms with van der Waals surface area (Å²) < 4.78 is 163. The summed E-state index contributed by atoms with van der Waals surface area (Å²) in [4.78, 5) is 0. The molecule has 3 aromatic carbocycles. The second-order valence-electron chi connectivity index (χ2n) is 10.7.